The summed E-state index contributed by atoms with van der Waals surface area (Å²) in [5.74, 6) is 1.01. The van der Waals surface area contributed by atoms with E-state index in [2.05, 4.69) is 27.7 Å². The summed E-state index contributed by atoms with van der Waals surface area (Å²) in [5, 5.41) is 10.1. The fourth-order valence-electron chi connectivity index (χ4n) is 1.60. The van der Waals surface area contributed by atoms with Gasteiger partial charge in [-0.3, -0.25) is 0 Å². The summed E-state index contributed by atoms with van der Waals surface area (Å²) in [6, 6.07) is 0. The smallest absolute Gasteiger partial charge is 0.0645 e. The topological polar surface area (TPSA) is 20.2 Å². The minimum absolute atomic E-state index is 0.358. The van der Waals surface area contributed by atoms with E-state index in [9.17, 15) is 5.11 Å². The zero-order chi connectivity index (χ0) is 10.5. The predicted octanol–water partition coefficient (Wildman–Crippen LogP) is 3.61. The first-order valence-electron chi connectivity index (χ1n) is 5.62. The van der Waals surface area contributed by atoms with E-state index in [1.165, 1.54) is 19.3 Å². The molecule has 0 aliphatic rings. The molecule has 0 amide bonds. The molecule has 13 heavy (non-hydrogen) atoms. The lowest BCUT2D eigenvalue weighted by molar-refractivity contribution is -0.00836. The molecule has 2 unspecified atom stereocenters. The van der Waals surface area contributed by atoms with Crippen molar-refractivity contribution in [3.8, 4) is 0 Å². The average Bonchev–Trinajstić information content (AvgIpc) is 1.99. The van der Waals surface area contributed by atoms with E-state index in [0.29, 0.717) is 11.8 Å². The normalized spacial score (nSPS) is 18.7. The summed E-state index contributed by atoms with van der Waals surface area (Å²) in [6.45, 7) is 10.6. The van der Waals surface area contributed by atoms with Crippen molar-refractivity contribution in [2.24, 2.45) is 11.8 Å². The zero-order valence-corrected chi connectivity index (χ0v) is 9.93. The number of aliphatic hydroxyl groups is 1. The molecular formula is C12H26O. The van der Waals surface area contributed by atoms with Crippen LogP contribution in [0.1, 0.15) is 60.3 Å². The van der Waals surface area contributed by atoms with Gasteiger partial charge in [0.1, 0.15) is 0 Å². The monoisotopic (exact) mass is 186 g/mol. The highest BCUT2D eigenvalue weighted by Gasteiger charge is 2.26. The maximum atomic E-state index is 10.1. The van der Waals surface area contributed by atoms with Crippen LogP contribution in [0.3, 0.4) is 0 Å². The molecule has 1 nitrogen and oxygen atoms in total. The third-order valence-corrected chi connectivity index (χ3v) is 3.06. The Labute approximate surface area is 83.5 Å². The standard InChI is InChI=1S/C12H26O/c1-6-7-8-11(4)9-12(5,13)10(2)3/h10-11,13H,6-9H2,1-5H3. The van der Waals surface area contributed by atoms with Crippen LogP contribution in [0, 0.1) is 11.8 Å². The second-order valence-electron chi connectivity index (χ2n) is 4.96. The molecule has 0 radical (unpaired) electrons. The molecule has 80 valence electrons. The summed E-state index contributed by atoms with van der Waals surface area (Å²) < 4.78 is 0. The summed E-state index contributed by atoms with van der Waals surface area (Å²) in [4.78, 5) is 0. The number of hydrogen-bond acceptors (Lipinski definition) is 1. The number of hydrogen-bond donors (Lipinski definition) is 1. The van der Waals surface area contributed by atoms with Gasteiger partial charge in [0, 0.05) is 0 Å². The Balaban J connectivity index is 3.82. The fraction of sp³-hybridized carbons (Fsp3) is 1.00. The lowest BCUT2D eigenvalue weighted by Gasteiger charge is -2.30. The van der Waals surface area contributed by atoms with Crippen LogP contribution in [-0.4, -0.2) is 10.7 Å². The molecule has 0 aromatic heterocycles. The quantitative estimate of drug-likeness (QED) is 0.672. The summed E-state index contributed by atoms with van der Waals surface area (Å²) >= 11 is 0. The molecule has 0 aromatic carbocycles. The Morgan fingerprint density at radius 2 is 1.77 bits per heavy atom. The van der Waals surface area contributed by atoms with Gasteiger partial charge in [-0.2, -0.15) is 0 Å². The van der Waals surface area contributed by atoms with E-state index in [1.807, 2.05) is 6.92 Å². The first kappa shape index (κ1) is 13.0. The van der Waals surface area contributed by atoms with E-state index < -0.39 is 5.60 Å². The van der Waals surface area contributed by atoms with Crippen molar-refractivity contribution in [1.82, 2.24) is 0 Å². The van der Waals surface area contributed by atoms with Gasteiger partial charge >= 0.3 is 0 Å². The lowest BCUT2D eigenvalue weighted by Crippen LogP contribution is -2.33. The molecule has 0 spiro atoms. The van der Waals surface area contributed by atoms with Crippen LogP contribution >= 0.6 is 0 Å². The molecule has 0 heterocycles. The molecule has 0 saturated carbocycles. The number of rotatable bonds is 6. The molecule has 1 heteroatoms. The summed E-state index contributed by atoms with van der Waals surface area (Å²) in [6.07, 6.45) is 4.73. The Bertz CT molecular complexity index is 127. The Hall–Kier alpha value is -0.0400. The van der Waals surface area contributed by atoms with Crippen molar-refractivity contribution in [3.63, 3.8) is 0 Å². The van der Waals surface area contributed by atoms with Crippen molar-refractivity contribution in [2.45, 2.75) is 65.9 Å². The molecular weight excluding hydrogens is 160 g/mol. The van der Waals surface area contributed by atoms with Crippen molar-refractivity contribution in [3.05, 3.63) is 0 Å². The van der Waals surface area contributed by atoms with Crippen LogP contribution < -0.4 is 0 Å². The highest BCUT2D eigenvalue weighted by atomic mass is 16.3. The van der Waals surface area contributed by atoms with Crippen LogP contribution in [0.5, 0.6) is 0 Å². The molecule has 0 saturated heterocycles. The largest absolute Gasteiger partial charge is 0.390 e. The van der Waals surface area contributed by atoms with Gasteiger partial charge < -0.3 is 5.11 Å². The second-order valence-corrected chi connectivity index (χ2v) is 4.96. The van der Waals surface area contributed by atoms with Gasteiger partial charge in [0.25, 0.3) is 0 Å². The second kappa shape index (κ2) is 5.64. The molecule has 0 fully saturated rings. The highest BCUT2D eigenvalue weighted by molar-refractivity contribution is 4.78. The fourth-order valence-corrected chi connectivity index (χ4v) is 1.60. The van der Waals surface area contributed by atoms with Gasteiger partial charge in [0.05, 0.1) is 5.60 Å². The molecule has 0 rings (SSSR count). The maximum absolute atomic E-state index is 10.1. The predicted molar refractivity (Wildman–Crippen MR) is 58.8 cm³/mol. The van der Waals surface area contributed by atoms with E-state index in [4.69, 9.17) is 0 Å². The van der Waals surface area contributed by atoms with E-state index in [0.717, 1.165) is 6.42 Å². The Morgan fingerprint density at radius 3 is 2.15 bits per heavy atom. The van der Waals surface area contributed by atoms with Gasteiger partial charge in [0.2, 0.25) is 0 Å². The van der Waals surface area contributed by atoms with Crippen LogP contribution in [-0.2, 0) is 0 Å². The number of unbranched alkanes of at least 4 members (excludes halogenated alkanes) is 1. The van der Waals surface area contributed by atoms with Gasteiger partial charge in [0.15, 0.2) is 0 Å². The van der Waals surface area contributed by atoms with Gasteiger partial charge in [-0.15, -0.1) is 0 Å². The van der Waals surface area contributed by atoms with Gasteiger partial charge in [-0.1, -0.05) is 47.0 Å². The molecule has 2 atom stereocenters. The maximum Gasteiger partial charge on any atom is 0.0645 e. The third-order valence-electron chi connectivity index (χ3n) is 3.06. The van der Waals surface area contributed by atoms with E-state index in [-0.39, 0.29) is 0 Å². The lowest BCUT2D eigenvalue weighted by atomic mass is 9.82. The molecule has 0 aliphatic carbocycles. The van der Waals surface area contributed by atoms with Crippen LogP contribution in [0.15, 0.2) is 0 Å². The summed E-state index contributed by atoms with van der Waals surface area (Å²) in [7, 11) is 0. The Morgan fingerprint density at radius 1 is 1.23 bits per heavy atom. The molecule has 1 N–H and O–H groups in total. The van der Waals surface area contributed by atoms with Crippen LogP contribution in [0.25, 0.3) is 0 Å². The molecule has 0 bridgehead atoms. The van der Waals surface area contributed by atoms with Crippen molar-refractivity contribution in [1.29, 1.82) is 0 Å². The SMILES string of the molecule is CCCCC(C)CC(C)(O)C(C)C. The molecule has 0 aromatic rings. The zero-order valence-electron chi connectivity index (χ0n) is 9.93. The minimum Gasteiger partial charge on any atom is -0.390 e. The van der Waals surface area contributed by atoms with Crippen molar-refractivity contribution in [2.75, 3.05) is 0 Å². The summed E-state index contributed by atoms with van der Waals surface area (Å²) in [5.41, 5.74) is -0.479. The van der Waals surface area contributed by atoms with Gasteiger partial charge in [-0.25, -0.2) is 0 Å². The highest BCUT2D eigenvalue weighted by Crippen LogP contribution is 2.26. The first-order chi connectivity index (χ1) is 5.90. The van der Waals surface area contributed by atoms with Crippen molar-refractivity contribution < 1.29 is 5.11 Å². The minimum atomic E-state index is -0.479. The third kappa shape index (κ3) is 5.30. The van der Waals surface area contributed by atoms with Gasteiger partial charge in [-0.05, 0) is 25.2 Å². The van der Waals surface area contributed by atoms with Crippen LogP contribution in [0.2, 0.25) is 0 Å². The average molecular weight is 186 g/mol. The molecule has 0 aliphatic heterocycles. The van der Waals surface area contributed by atoms with E-state index >= 15 is 0 Å². The first-order valence-corrected chi connectivity index (χ1v) is 5.62. The van der Waals surface area contributed by atoms with Crippen LogP contribution in [0.4, 0.5) is 0 Å². The Kier molecular flexibility index (Phi) is 5.62. The van der Waals surface area contributed by atoms with E-state index in [1.54, 1.807) is 0 Å². The van der Waals surface area contributed by atoms with Crippen molar-refractivity contribution >= 4 is 0 Å².